The molecule has 0 radical (unpaired) electrons. The molecule has 2 nitrogen and oxygen atoms in total. The van der Waals surface area contributed by atoms with E-state index >= 15 is 0 Å². The van der Waals surface area contributed by atoms with Gasteiger partial charge < -0.3 is 10.5 Å². The van der Waals surface area contributed by atoms with Gasteiger partial charge in [0, 0.05) is 11.5 Å². The van der Waals surface area contributed by atoms with E-state index < -0.39 is 0 Å². The molecule has 1 aromatic rings. The van der Waals surface area contributed by atoms with Crippen LogP contribution in [0.25, 0.3) is 0 Å². The first-order valence-electron chi connectivity index (χ1n) is 6.23. The number of ether oxygens (including phenoxy) is 1. The van der Waals surface area contributed by atoms with Gasteiger partial charge in [0.1, 0.15) is 0 Å². The molecule has 0 aromatic heterocycles. The molecule has 2 atom stereocenters. The van der Waals surface area contributed by atoms with E-state index in [1.54, 1.807) is 0 Å². The quantitative estimate of drug-likeness (QED) is 0.897. The molecule has 0 aliphatic carbocycles. The Morgan fingerprint density at radius 2 is 1.88 bits per heavy atom. The maximum absolute atomic E-state index is 6.26. The zero-order chi connectivity index (χ0) is 12.3. The molecule has 2 rings (SSSR count). The average molecular weight is 251 g/mol. The van der Waals surface area contributed by atoms with Crippen LogP contribution in [0, 0.1) is 0 Å². The van der Waals surface area contributed by atoms with Gasteiger partial charge in [0.2, 0.25) is 0 Å². The monoisotopic (exact) mass is 251 g/mol. The molecule has 2 unspecified atom stereocenters. The van der Waals surface area contributed by atoms with Gasteiger partial charge in [0.05, 0.1) is 18.8 Å². The third kappa shape index (κ3) is 3.24. The van der Waals surface area contributed by atoms with Crippen molar-refractivity contribution in [2.75, 3.05) is 18.1 Å². The van der Waals surface area contributed by atoms with E-state index in [9.17, 15) is 0 Å². The van der Waals surface area contributed by atoms with Gasteiger partial charge in [-0.3, -0.25) is 0 Å². The van der Waals surface area contributed by atoms with Gasteiger partial charge >= 0.3 is 0 Å². The van der Waals surface area contributed by atoms with Crippen LogP contribution in [-0.4, -0.2) is 24.2 Å². The number of hydrogen-bond acceptors (Lipinski definition) is 3. The third-order valence-corrected chi connectivity index (χ3v) is 4.25. The molecular formula is C14H21NOS. The second kappa shape index (κ2) is 5.89. The molecule has 1 fully saturated rings. The van der Waals surface area contributed by atoms with E-state index in [1.165, 1.54) is 11.1 Å². The predicted octanol–water partition coefficient (Wildman–Crippen LogP) is 2.94. The molecule has 17 heavy (non-hydrogen) atoms. The number of nitrogens with two attached hydrogens (primary N) is 1. The molecule has 0 bridgehead atoms. The summed E-state index contributed by atoms with van der Waals surface area (Å²) in [6.45, 7) is 5.23. The first-order valence-corrected chi connectivity index (χ1v) is 7.38. The van der Waals surface area contributed by atoms with Crippen LogP contribution in [0.5, 0.6) is 0 Å². The molecular weight excluding hydrogens is 230 g/mol. The molecule has 1 aliphatic rings. The second-order valence-corrected chi connectivity index (χ2v) is 5.98. The Morgan fingerprint density at radius 3 is 2.41 bits per heavy atom. The fourth-order valence-corrected chi connectivity index (χ4v) is 2.95. The normalized spacial score (nSPS) is 22.7. The Morgan fingerprint density at radius 1 is 1.24 bits per heavy atom. The average Bonchev–Trinajstić information content (AvgIpc) is 2.39. The van der Waals surface area contributed by atoms with E-state index in [2.05, 4.69) is 38.1 Å². The maximum atomic E-state index is 6.26. The summed E-state index contributed by atoms with van der Waals surface area (Å²) in [6.07, 6.45) is 0.165. The van der Waals surface area contributed by atoms with Crippen LogP contribution in [0.1, 0.15) is 36.9 Å². The summed E-state index contributed by atoms with van der Waals surface area (Å²) < 4.78 is 5.73. The molecule has 1 aliphatic heterocycles. The van der Waals surface area contributed by atoms with Crippen LogP contribution in [0.3, 0.4) is 0 Å². The van der Waals surface area contributed by atoms with Crippen LogP contribution >= 0.6 is 11.8 Å². The second-order valence-electron chi connectivity index (χ2n) is 4.83. The molecule has 1 saturated heterocycles. The lowest BCUT2D eigenvalue weighted by atomic mass is 9.97. The summed E-state index contributed by atoms with van der Waals surface area (Å²) in [4.78, 5) is 0. The summed E-state index contributed by atoms with van der Waals surface area (Å²) in [5.74, 6) is 2.67. The highest BCUT2D eigenvalue weighted by atomic mass is 32.2. The van der Waals surface area contributed by atoms with E-state index in [0.717, 1.165) is 18.1 Å². The van der Waals surface area contributed by atoms with Crippen molar-refractivity contribution in [3.05, 3.63) is 35.4 Å². The topological polar surface area (TPSA) is 35.2 Å². The fourth-order valence-electron chi connectivity index (χ4n) is 2.03. The van der Waals surface area contributed by atoms with Crippen LogP contribution in [0.15, 0.2) is 24.3 Å². The molecule has 0 saturated carbocycles. The number of benzene rings is 1. The molecule has 0 spiro atoms. The summed E-state index contributed by atoms with van der Waals surface area (Å²) in [5, 5.41) is 0. The first-order chi connectivity index (χ1) is 8.18. The fraction of sp³-hybridized carbons (Fsp3) is 0.571. The lowest BCUT2D eigenvalue weighted by Gasteiger charge is -2.28. The van der Waals surface area contributed by atoms with Gasteiger partial charge in [0.15, 0.2) is 0 Å². The highest BCUT2D eigenvalue weighted by Gasteiger charge is 2.22. The summed E-state index contributed by atoms with van der Waals surface area (Å²) in [5.41, 5.74) is 8.80. The zero-order valence-corrected chi connectivity index (χ0v) is 11.4. The number of thioether (sulfide) groups is 1. The van der Waals surface area contributed by atoms with Crippen molar-refractivity contribution in [2.24, 2.45) is 5.73 Å². The number of hydrogen-bond donors (Lipinski definition) is 1. The zero-order valence-electron chi connectivity index (χ0n) is 10.6. The van der Waals surface area contributed by atoms with Crippen molar-refractivity contribution in [1.29, 1.82) is 0 Å². The van der Waals surface area contributed by atoms with Crippen molar-refractivity contribution in [3.8, 4) is 0 Å². The lowest BCUT2D eigenvalue weighted by molar-refractivity contribution is 0.0569. The summed E-state index contributed by atoms with van der Waals surface area (Å²) in [6, 6.07) is 8.64. The molecule has 2 N–H and O–H groups in total. The molecule has 1 heterocycles. The van der Waals surface area contributed by atoms with Crippen LogP contribution in [0.2, 0.25) is 0 Å². The van der Waals surface area contributed by atoms with Gasteiger partial charge in [-0.05, 0) is 17.0 Å². The lowest BCUT2D eigenvalue weighted by Crippen LogP contribution is -2.34. The van der Waals surface area contributed by atoms with Gasteiger partial charge in [-0.15, -0.1) is 0 Å². The minimum atomic E-state index is 0.00372. The SMILES string of the molecule is CC(C)c1ccc(C(N)C2CSCCO2)cc1. The van der Waals surface area contributed by atoms with Gasteiger partial charge in [-0.1, -0.05) is 38.1 Å². The largest absolute Gasteiger partial charge is 0.375 e. The maximum Gasteiger partial charge on any atom is 0.0858 e. The van der Waals surface area contributed by atoms with E-state index in [-0.39, 0.29) is 12.1 Å². The summed E-state index contributed by atoms with van der Waals surface area (Å²) >= 11 is 1.93. The van der Waals surface area contributed by atoms with Crippen molar-refractivity contribution in [3.63, 3.8) is 0 Å². The highest BCUT2D eigenvalue weighted by Crippen LogP contribution is 2.25. The standard InChI is InChI=1S/C14H21NOS/c1-10(2)11-3-5-12(6-4-11)14(15)13-9-17-8-7-16-13/h3-6,10,13-14H,7-9,15H2,1-2H3. The molecule has 3 heteroatoms. The highest BCUT2D eigenvalue weighted by molar-refractivity contribution is 7.99. The first kappa shape index (κ1) is 12.9. The summed E-state index contributed by atoms with van der Waals surface area (Å²) in [7, 11) is 0. The van der Waals surface area contributed by atoms with Crippen molar-refractivity contribution >= 4 is 11.8 Å². The van der Waals surface area contributed by atoms with E-state index in [0.29, 0.717) is 5.92 Å². The minimum Gasteiger partial charge on any atom is -0.375 e. The van der Waals surface area contributed by atoms with E-state index in [1.807, 2.05) is 11.8 Å². The van der Waals surface area contributed by atoms with Crippen molar-refractivity contribution in [1.82, 2.24) is 0 Å². The van der Waals surface area contributed by atoms with E-state index in [4.69, 9.17) is 10.5 Å². The van der Waals surface area contributed by atoms with Crippen LogP contribution < -0.4 is 5.73 Å². The Bertz CT molecular complexity index is 344. The van der Waals surface area contributed by atoms with Gasteiger partial charge in [-0.25, -0.2) is 0 Å². The Hall–Kier alpha value is -0.510. The molecule has 1 aromatic carbocycles. The Labute approximate surface area is 108 Å². The smallest absolute Gasteiger partial charge is 0.0858 e. The molecule has 94 valence electrons. The van der Waals surface area contributed by atoms with Crippen LogP contribution in [-0.2, 0) is 4.74 Å². The predicted molar refractivity (Wildman–Crippen MR) is 74.5 cm³/mol. The van der Waals surface area contributed by atoms with Crippen LogP contribution in [0.4, 0.5) is 0 Å². The Balaban J connectivity index is 2.05. The Kier molecular flexibility index (Phi) is 4.48. The van der Waals surface area contributed by atoms with Crippen molar-refractivity contribution in [2.45, 2.75) is 31.9 Å². The van der Waals surface area contributed by atoms with Crippen molar-refractivity contribution < 1.29 is 4.74 Å². The molecule has 0 amide bonds. The third-order valence-electron chi connectivity index (χ3n) is 3.23. The van der Waals surface area contributed by atoms with Gasteiger partial charge in [0.25, 0.3) is 0 Å². The minimum absolute atomic E-state index is 0.00372. The van der Waals surface area contributed by atoms with Gasteiger partial charge in [-0.2, -0.15) is 11.8 Å². The number of rotatable bonds is 3.